The van der Waals surface area contributed by atoms with Gasteiger partial charge in [-0.05, 0) is 35.4 Å². The van der Waals surface area contributed by atoms with Crippen molar-refractivity contribution in [3.63, 3.8) is 0 Å². The minimum atomic E-state index is -0.234. The highest BCUT2D eigenvalue weighted by atomic mass is 16.1. The molecule has 0 saturated heterocycles. The number of benzene rings is 1. The molecule has 0 aromatic heterocycles. The second-order valence-electron chi connectivity index (χ2n) is 7.63. The molecule has 1 aromatic rings. The zero-order valence-electron chi connectivity index (χ0n) is 15.2. The molecule has 4 heteroatoms. The van der Waals surface area contributed by atoms with Gasteiger partial charge in [0, 0.05) is 47.7 Å². The number of fused-ring (bicyclic) bond motifs is 2. The molecule has 2 heterocycles. The molecule has 0 bridgehead atoms. The monoisotopic (exact) mass is 324 g/mol. The standard InChI is InChI=1S/C20H24N2O2/c1-19(2)13-11-16-14(12-15(13)21(5)17(19)7-9-23)20(3,4)18(8-10-24)22(16)6/h7-12H,1-6H3/b17-7+,18-8+. The highest BCUT2D eigenvalue weighted by Crippen LogP contribution is 2.54. The maximum absolute atomic E-state index is 11.1. The normalized spacial score (nSPS) is 23.6. The number of likely N-dealkylation sites (N-methyl/N-ethyl adjacent to an activating group) is 2. The van der Waals surface area contributed by atoms with Gasteiger partial charge in [0.2, 0.25) is 0 Å². The molecule has 0 N–H and O–H groups in total. The molecule has 3 rings (SSSR count). The van der Waals surface area contributed by atoms with Crippen molar-refractivity contribution < 1.29 is 9.59 Å². The minimum Gasteiger partial charge on any atom is -0.347 e. The quantitative estimate of drug-likeness (QED) is 0.618. The molecule has 2 aliphatic rings. The van der Waals surface area contributed by atoms with Crippen molar-refractivity contribution in [3.8, 4) is 0 Å². The highest BCUT2D eigenvalue weighted by molar-refractivity contribution is 5.84. The van der Waals surface area contributed by atoms with E-state index < -0.39 is 0 Å². The van der Waals surface area contributed by atoms with Crippen LogP contribution in [0.1, 0.15) is 38.8 Å². The maximum Gasteiger partial charge on any atom is 0.144 e. The van der Waals surface area contributed by atoms with Gasteiger partial charge >= 0.3 is 0 Å². The van der Waals surface area contributed by atoms with Gasteiger partial charge in [-0.3, -0.25) is 9.59 Å². The summed E-state index contributed by atoms with van der Waals surface area (Å²) in [6, 6.07) is 4.42. The third-order valence-corrected chi connectivity index (χ3v) is 5.64. The van der Waals surface area contributed by atoms with E-state index in [4.69, 9.17) is 0 Å². The van der Waals surface area contributed by atoms with E-state index >= 15 is 0 Å². The summed E-state index contributed by atoms with van der Waals surface area (Å²) in [6.07, 6.45) is 5.01. The van der Waals surface area contributed by atoms with Gasteiger partial charge in [-0.15, -0.1) is 0 Å². The summed E-state index contributed by atoms with van der Waals surface area (Å²) in [4.78, 5) is 26.3. The SMILES string of the molecule is CN1/C(=C/C=O)C(C)(C)c2cc3c(cc21)C(C)(C)/C(=C\C=O)N3C. The number of allylic oxidation sites excluding steroid dienone is 4. The first kappa shape index (κ1) is 16.5. The van der Waals surface area contributed by atoms with Crippen LogP contribution in [0.3, 0.4) is 0 Å². The lowest BCUT2D eigenvalue weighted by molar-refractivity contribution is -0.104. The zero-order chi connectivity index (χ0) is 17.9. The number of carbonyl (C=O) groups is 2. The second kappa shape index (κ2) is 5.07. The Kier molecular flexibility index (Phi) is 3.48. The average molecular weight is 324 g/mol. The first-order valence-electron chi connectivity index (χ1n) is 8.16. The van der Waals surface area contributed by atoms with Gasteiger partial charge in [-0.2, -0.15) is 0 Å². The number of hydrogen-bond acceptors (Lipinski definition) is 4. The van der Waals surface area contributed by atoms with Crippen molar-refractivity contribution in [1.82, 2.24) is 0 Å². The van der Waals surface area contributed by atoms with E-state index in [2.05, 4.69) is 49.6 Å². The molecule has 0 radical (unpaired) electrons. The molecule has 0 saturated carbocycles. The molecule has 0 spiro atoms. The summed E-state index contributed by atoms with van der Waals surface area (Å²) >= 11 is 0. The van der Waals surface area contributed by atoms with Crippen molar-refractivity contribution in [2.24, 2.45) is 0 Å². The first-order chi connectivity index (χ1) is 11.2. The summed E-state index contributed by atoms with van der Waals surface area (Å²) < 4.78 is 0. The summed E-state index contributed by atoms with van der Waals surface area (Å²) in [5.41, 5.74) is 6.19. The third-order valence-electron chi connectivity index (χ3n) is 5.64. The van der Waals surface area contributed by atoms with Crippen molar-refractivity contribution >= 4 is 23.9 Å². The molecule has 0 aliphatic carbocycles. The van der Waals surface area contributed by atoms with Crippen LogP contribution in [-0.2, 0) is 20.4 Å². The molecule has 0 amide bonds. The van der Waals surface area contributed by atoms with Crippen LogP contribution in [0.25, 0.3) is 0 Å². The Labute approximate surface area is 143 Å². The predicted octanol–water partition coefficient (Wildman–Crippen LogP) is 3.31. The molecule has 1 aromatic carbocycles. The molecule has 4 nitrogen and oxygen atoms in total. The van der Waals surface area contributed by atoms with Gasteiger partial charge in [-0.1, -0.05) is 27.7 Å². The van der Waals surface area contributed by atoms with Crippen LogP contribution >= 0.6 is 0 Å². The van der Waals surface area contributed by atoms with Gasteiger partial charge < -0.3 is 9.80 Å². The van der Waals surface area contributed by atoms with E-state index in [1.165, 1.54) is 11.1 Å². The molecule has 126 valence electrons. The van der Waals surface area contributed by atoms with Gasteiger partial charge in [-0.25, -0.2) is 0 Å². The van der Waals surface area contributed by atoms with Gasteiger partial charge in [0.25, 0.3) is 0 Å². The summed E-state index contributed by atoms with van der Waals surface area (Å²) in [5, 5.41) is 0. The van der Waals surface area contributed by atoms with E-state index in [0.717, 1.165) is 35.3 Å². The zero-order valence-corrected chi connectivity index (χ0v) is 15.2. The van der Waals surface area contributed by atoms with Crippen molar-refractivity contribution in [3.05, 3.63) is 46.8 Å². The second-order valence-corrected chi connectivity index (χ2v) is 7.63. The first-order valence-corrected chi connectivity index (χ1v) is 8.16. The molecule has 2 aliphatic heterocycles. The van der Waals surface area contributed by atoms with E-state index in [0.29, 0.717) is 0 Å². The van der Waals surface area contributed by atoms with E-state index in [1.807, 2.05) is 14.1 Å². The fourth-order valence-electron chi connectivity index (χ4n) is 4.28. The van der Waals surface area contributed by atoms with Crippen molar-refractivity contribution in [2.45, 2.75) is 38.5 Å². The number of aldehydes is 2. The van der Waals surface area contributed by atoms with Gasteiger partial charge in [0.05, 0.1) is 0 Å². The lowest BCUT2D eigenvalue weighted by atomic mass is 9.80. The molecule has 0 atom stereocenters. The van der Waals surface area contributed by atoms with Crippen LogP contribution in [0.15, 0.2) is 35.7 Å². The molecule has 0 fully saturated rings. The Morgan fingerprint density at radius 3 is 1.38 bits per heavy atom. The summed E-state index contributed by atoms with van der Waals surface area (Å²) in [6.45, 7) is 8.55. The summed E-state index contributed by atoms with van der Waals surface area (Å²) in [5.74, 6) is 0. The number of rotatable bonds is 2. The Balaban J connectivity index is 2.27. The Hall–Kier alpha value is -2.36. The Morgan fingerprint density at radius 2 is 1.08 bits per heavy atom. The van der Waals surface area contributed by atoms with Gasteiger partial charge in [0.15, 0.2) is 0 Å². The minimum absolute atomic E-state index is 0.234. The smallest absolute Gasteiger partial charge is 0.144 e. The van der Waals surface area contributed by atoms with E-state index in [-0.39, 0.29) is 10.8 Å². The van der Waals surface area contributed by atoms with Crippen LogP contribution < -0.4 is 9.80 Å². The largest absolute Gasteiger partial charge is 0.347 e. The van der Waals surface area contributed by atoms with Crippen LogP contribution in [0, 0.1) is 0 Å². The average Bonchev–Trinajstić information content (AvgIpc) is 2.82. The van der Waals surface area contributed by atoms with Crippen LogP contribution in [-0.4, -0.2) is 26.7 Å². The maximum atomic E-state index is 11.1. The van der Waals surface area contributed by atoms with Crippen LogP contribution in [0.4, 0.5) is 11.4 Å². The van der Waals surface area contributed by atoms with Crippen LogP contribution in [0.2, 0.25) is 0 Å². The lowest BCUT2D eigenvalue weighted by Gasteiger charge is -2.24. The van der Waals surface area contributed by atoms with E-state index in [1.54, 1.807) is 12.2 Å². The Morgan fingerprint density at radius 1 is 0.750 bits per heavy atom. The lowest BCUT2D eigenvalue weighted by Crippen LogP contribution is -2.24. The highest BCUT2D eigenvalue weighted by Gasteiger charge is 2.44. The summed E-state index contributed by atoms with van der Waals surface area (Å²) in [7, 11) is 4.01. The fraction of sp³-hybridized carbons (Fsp3) is 0.400. The molecular weight excluding hydrogens is 300 g/mol. The van der Waals surface area contributed by atoms with E-state index in [9.17, 15) is 9.59 Å². The molecule has 0 unspecified atom stereocenters. The number of hydrogen-bond donors (Lipinski definition) is 0. The molecular formula is C20H24N2O2. The fourth-order valence-corrected chi connectivity index (χ4v) is 4.28. The van der Waals surface area contributed by atoms with Crippen LogP contribution in [0.5, 0.6) is 0 Å². The predicted molar refractivity (Wildman–Crippen MR) is 97.6 cm³/mol. The van der Waals surface area contributed by atoms with Crippen molar-refractivity contribution in [2.75, 3.05) is 23.9 Å². The molecule has 24 heavy (non-hydrogen) atoms. The Bertz CT molecular complexity index is 732. The van der Waals surface area contributed by atoms with Gasteiger partial charge in [0.1, 0.15) is 12.6 Å². The number of nitrogens with zero attached hydrogens (tertiary/aromatic N) is 2. The van der Waals surface area contributed by atoms with Crippen molar-refractivity contribution in [1.29, 1.82) is 0 Å². The topological polar surface area (TPSA) is 40.6 Å². The third kappa shape index (κ3) is 1.92. The number of carbonyl (C=O) groups excluding carboxylic acids is 2. The number of anilines is 2.